The minimum Gasteiger partial charge on any atom is -0.379 e. The molecule has 1 unspecified atom stereocenters. The molecule has 1 aromatic rings. The zero-order chi connectivity index (χ0) is 20.4. The molecule has 0 radical (unpaired) electrons. The van der Waals surface area contributed by atoms with Gasteiger partial charge in [-0.15, -0.1) is 0 Å². The predicted molar refractivity (Wildman–Crippen MR) is 114 cm³/mol. The van der Waals surface area contributed by atoms with E-state index in [2.05, 4.69) is 33.5 Å². The van der Waals surface area contributed by atoms with Gasteiger partial charge in [-0.05, 0) is 30.0 Å². The molecule has 1 aliphatic heterocycles. The predicted octanol–water partition coefficient (Wildman–Crippen LogP) is 1.06. The third-order valence-electron chi connectivity index (χ3n) is 4.80. The second kappa shape index (κ2) is 11.7. The lowest BCUT2D eigenvalue weighted by molar-refractivity contribution is 0.0320. The Labute approximate surface area is 169 Å². The molecule has 28 heavy (non-hydrogen) atoms. The molecule has 0 saturated carbocycles. The first kappa shape index (κ1) is 22.2. The van der Waals surface area contributed by atoms with Crippen molar-refractivity contribution in [2.24, 2.45) is 10.9 Å². The van der Waals surface area contributed by atoms with Crippen LogP contribution in [0, 0.1) is 5.92 Å². The van der Waals surface area contributed by atoms with Gasteiger partial charge in [-0.2, -0.15) is 0 Å². The highest BCUT2D eigenvalue weighted by atomic mass is 16.5. The van der Waals surface area contributed by atoms with Crippen LogP contribution in [0.25, 0.3) is 0 Å². The number of aliphatic imine (C=N–C) groups is 1. The van der Waals surface area contributed by atoms with E-state index < -0.39 is 0 Å². The molecule has 2 rings (SSSR count). The molecule has 156 valence electrons. The van der Waals surface area contributed by atoms with E-state index >= 15 is 0 Å². The first-order valence-corrected chi connectivity index (χ1v) is 10.0. The Bertz CT molecular complexity index is 641. The van der Waals surface area contributed by atoms with Gasteiger partial charge in [0.2, 0.25) is 0 Å². The number of carbonyl (C=O) groups is 1. The maximum atomic E-state index is 12.1. The van der Waals surface area contributed by atoms with Gasteiger partial charge in [0, 0.05) is 59.4 Å². The molecular formula is C21H35N5O2. The molecule has 0 spiro atoms. The summed E-state index contributed by atoms with van der Waals surface area (Å²) in [6.07, 6.45) is 0.832. The van der Waals surface area contributed by atoms with E-state index in [1.54, 1.807) is 26.0 Å². The molecule has 1 aromatic carbocycles. The molecule has 1 heterocycles. The Hall–Kier alpha value is -2.12. The molecule has 2 N–H and O–H groups in total. The Morgan fingerprint density at radius 2 is 2.04 bits per heavy atom. The maximum absolute atomic E-state index is 12.1. The zero-order valence-electron chi connectivity index (χ0n) is 17.7. The molecule has 1 fully saturated rings. The molecular weight excluding hydrogens is 354 g/mol. The van der Waals surface area contributed by atoms with Crippen molar-refractivity contribution in [2.75, 3.05) is 67.1 Å². The third-order valence-corrected chi connectivity index (χ3v) is 4.80. The number of rotatable bonds is 8. The summed E-state index contributed by atoms with van der Waals surface area (Å²) in [5.74, 6) is 1.38. The highest BCUT2D eigenvalue weighted by Gasteiger charge is 2.14. The molecule has 0 bridgehead atoms. The Morgan fingerprint density at radius 1 is 1.29 bits per heavy atom. The molecule has 1 amide bonds. The van der Waals surface area contributed by atoms with Crippen molar-refractivity contribution in [3.63, 3.8) is 0 Å². The lowest BCUT2D eigenvalue weighted by atomic mass is 10.1. The summed E-state index contributed by atoms with van der Waals surface area (Å²) in [5, 5.41) is 6.77. The number of nitrogens with one attached hydrogen (secondary N) is 2. The summed E-state index contributed by atoms with van der Waals surface area (Å²) in [6.45, 7) is 8.68. The normalized spacial score (nSPS) is 16.5. The van der Waals surface area contributed by atoms with Crippen LogP contribution in [0.2, 0.25) is 0 Å². The summed E-state index contributed by atoms with van der Waals surface area (Å²) in [4.78, 5) is 20.4. The number of amides is 1. The van der Waals surface area contributed by atoms with E-state index in [-0.39, 0.29) is 5.91 Å². The molecule has 7 nitrogen and oxygen atoms in total. The van der Waals surface area contributed by atoms with Crippen LogP contribution in [0.4, 0.5) is 0 Å². The van der Waals surface area contributed by atoms with E-state index in [0.29, 0.717) is 5.92 Å². The van der Waals surface area contributed by atoms with Crippen molar-refractivity contribution in [1.82, 2.24) is 20.4 Å². The summed E-state index contributed by atoms with van der Waals surface area (Å²) >= 11 is 0. The second-order valence-electron chi connectivity index (χ2n) is 7.55. The molecule has 1 aliphatic rings. The number of guanidine groups is 1. The van der Waals surface area contributed by atoms with Gasteiger partial charge in [0.25, 0.3) is 5.91 Å². The average Bonchev–Trinajstić information content (AvgIpc) is 2.70. The molecule has 1 atom stereocenters. The third kappa shape index (κ3) is 7.48. The first-order chi connectivity index (χ1) is 13.5. The quantitative estimate of drug-likeness (QED) is 0.514. The number of ether oxygens (including phenoxy) is 1. The van der Waals surface area contributed by atoms with Gasteiger partial charge < -0.3 is 20.3 Å². The van der Waals surface area contributed by atoms with Crippen molar-refractivity contribution < 1.29 is 9.53 Å². The van der Waals surface area contributed by atoms with Crippen molar-refractivity contribution in [2.45, 2.75) is 13.3 Å². The summed E-state index contributed by atoms with van der Waals surface area (Å²) in [5.41, 5.74) is 1.86. The Balaban J connectivity index is 1.72. The highest BCUT2D eigenvalue weighted by molar-refractivity contribution is 5.94. The summed E-state index contributed by atoms with van der Waals surface area (Å²) in [7, 11) is 5.33. The van der Waals surface area contributed by atoms with Gasteiger partial charge in [-0.25, -0.2) is 0 Å². The van der Waals surface area contributed by atoms with E-state index in [0.717, 1.165) is 69.4 Å². The van der Waals surface area contributed by atoms with Crippen molar-refractivity contribution >= 4 is 11.9 Å². The number of morpholine rings is 1. The Kier molecular flexibility index (Phi) is 9.23. The van der Waals surface area contributed by atoms with Crippen molar-refractivity contribution in [3.8, 4) is 0 Å². The van der Waals surface area contributed by atoms with Gasteiger partial charge in [0.1, 0.15) is 0 Å². The summed E-state index contributed by atoms with van der Waals surface area (Å²) in [6, 6.07) is 7.81. The van der Waals surface area contributed by atoms with Crippen LogP contribution in [-0.2, 0) is 11.2 Å². The van der Waals surface area contributed by atoms with Crippen LogP contribution < -0.4 is 10.6 Å². The highest BCUT2D eigenvalue weighted by Crippen LogP contribution is 2.08. The fourth-order valence-corrected chi connectivity index (χ4v) is 3.22. The van der Waals surface area contributed by atoms with Crippen LogP contribution in [-0.4, -0.2) is 88.7 Å². The first-order valence-electron chi connectivity index (χ1n) is 10.0. The lowest BCUT2D eigenvalue weighted by Gasteiger charge is -2.29. The number of hydrogen-bond acceptors (Lipinski definition) is 4. The lowest BCUT2D eigenvalue weighted by Crippen LogP contribution is -2.44. The number of carbonyl (C=O) groups excluding carboxylic acids is 1. The van der Waals surface area contributed by atoms with Crippen molar-refractivity contribution in [1.29, 1.82) is 0 Å². The van der Waals surface area contributed by atoms with E-state index in [4.69, 9.17) is 4.74 Å². The molecule has 7 heteroatoms. The van der Waals surface area contributed by atoms with Gasteiger partial charge in [0.15, 0.2) is 5.96 Å². The smallest absolute Gasteiger partial charge is 0.253 e. The second-order valence-corrected chi connectivity index (χ2v) is 7.55. The topological polar surface area (TPSA) is 69.2 Å². The number of hydrogen-bond donors (Lipinski definition) is 2. The summed E-state index contributed by atoms with van der Waals surface area (Å²) < 4.78 is 5.40. The average molecular weight is 390 g/mol. The largest absolute Gasteiger partial charge is 0.379 e. The maximum Gasteiger partial charge on any atom is 0.253 e. The number of nitrogens with zero attached hydrogens (tertiary/aromatic N) is 3. The van der Waals surface area contributed by atoms with Crippen LogP contribution in [0.1, 0.15) is 22.8 Å². The monoisotopic (exact) mass is 389 g/mol. The number of benzene rings is 1. The van der Waals surface area contributed by atoms with Crippen molar-refractivity contribution in [3.05, 3.63) is 35.4 Å². The fourth-order valence-electron chi connectivity index (χ4n) is 3.22. The van der Waals surface area contributed by atoms with E-state index in [1.807, 2.05) is 18.2 Å². The van der Waals surface area contributed by atoms with Crippen LogP contribution in [0.5, 0.6) is 0 Å². The molecule has 0 aromatic heterocycles. The minimum absolute atomic E-state index is 0.0292. The van der Waals surface area contributed by atoms with Crippen LogP contribution >= 0.6 is 0 Å². The standard InChI is InChI=1S/C21H35N5O2/c1-17(16-26-10-12-28-13-11-26)15-24-21(22-2)23-9-8-18-6-5-7-19(14-18)20(27)25(3)4/h5-7,14,17H,8-13,15-16H2,1-4H3,(H2,22,23,24). The van der Waals surface area contributed by atoms with E-state index in [1.165, 1.54) is 0 Å². The van der Waals surface area contributed by atoms with E-state index in [9.17, 15) is 4.79 Å². The Morgan fingerprint density at radius 3 is 2.71 bits per heavy atom. The zero-order valence-corrected chi connectivity index (χ0v) is 17.7. The van der Waals surface area contributed by atoms with Gasteiger partial charge >= 0.3 is 0 Å². The minimum atomic E-state index is 0.0292. The fraction of sp³-hybridized carbons (Fsp3) is 0.619. The molecule has 1 saturated heterocycles. The van der Waals surface area contributed by atoms with Gasteiger partial charge in [0.05, 0.1) is 13.2 Å². The van der Waals surface area contributed by atoms with Gasteiger partial charge in [-0.1, -0.05) is 19.1 Å². The SMILES string of the molecule is CN=C(NCCc1cccc(C(=O)N(C)C)c1)NCC(C)CN1CCOCC1. The van der Waals surface area contributed by atoms with Crippen LogP contribution in [0.15, 0.2) is 29.3 Å². The molecule has 0 aliphatic carbocycles. The van der Waals surface area contributed by atoms with Crippen LogP contribution in [0.3, 0.4) is 0 Å². The van der Waals surface area contributed by atoms with Gasteiger partial charge in [-0.3, -0.25) is 14.7 Å².